The highest BCUT2D eigenvalue weighted by atomic mass is 31.1. The lowest BCUT2D eigenvalue weighted by molar-refractivity contribution is -0.139. The third-order valence-electron chi connectivity index (χ3n) is 8.00. The molecule has 0 bridgehead atoms. The van der Waals surface area contributed by atoms with Crippen LogP contribution in [0, 0.1) is 39.3 Å². The normalized spacial score (nSPS) is 11.4. The van der Waals surface area contributed by atoms with Crippen molar-refractivity contribution in [1.29, 1.82) is 0 Å². The van der Waals surface area contributed by atoms with Gasteiger partial charge in [0.25, 0.3) is 0 Å². The smallest absolute Gasteiger partial charge is 0.341 e. The number of ether oxygens (including phenoxy) is 1. The second kappa shape index (κ2) is 11.8. The molecule has 220 valence electrons. The number of carboxylic acids is 1. The molecule has 0 aliphatic rings. The quantitative estimate of drug-likeness (QED) is 0.186. The molecule has 0 aliphatic heterocycles. The number of carboxylic acid groups (broad SMARTS) is 1. The second-order valence-corrected chi connectivity index (χ2v) is 13.3. The van der Waals surface area contributed by atoms with Gasteiger partial charge in [-0.2, -0.15) is 0 Å². The van der Waals surface area contributed by atoms with Gasteiger partial charge in [0.2, 0.25) is 0 Å². The van der Waals surface area contributed by atoms with E-state index in [1.165, 1.54) is 0 Å². The zero-order valence-electron chi connectivity index (χ0n) is 24.9. The van der Waals surface area contributed by atoms with Crippen molar-refractivity contribution in [3.63, 3.8) is 0 Å². The highest BCUT2D eigenvalue weighted by Gasteiger charge is 2.27. The Hall–Kier alpha value is -4.60. The van der Waals surface area contributed by atoms with Crippen LogP contribution in [0.5, 0.6) is 5.75 Å². The molecular formula is C38H31F2O3P. The predicted molar refractivity (Wildman–Crippen MR) is 178 cm³/mol. The fourth-order valence-electron chi connectivity index (χ4n) is 6.01. The van der Waals surface area contributed by atoms with Crippen LogP contribution in [-0.4, -0.2) is 17.7 Å². The Morgan fingerprint density at radius 3 is 1.61 bits per heavy atom. The van der Waals surface area contributed by atoms with Gasteiger partial charge < -0.3 is 9.84 Å². The van der Waals surface area contributed by atoms with E-state index in [-0.39, 0.29) is 11.6 Å². The van der Waals surface area contributed by atoms with Crippen LogP contribution in [0.1, 0.15) is 22.3 Å². The van der Waals surface area contributed by atoms with E-state index < -0.39 is 20.5 Å². The third-order valence-corrected chi connectivity index (χ3v) is 10.4. The number of aryl methyl sites for hydroxylation is 4. The number of hydrogen-bond donors (Lipinski definition) is 1. The van der Waals surface area contributed by atoms with Gasteiger partial charge >= 0.3 is 5.97 Å². The Labute approximate surface area is 256 Å². The fraction of sp³-hybridized carbons (Fsp3) is 0.132. The van der Waals surface area contributed by atoms with E-state index in [1.54, 1.807) is 27.7 Å². The molecule has 0 unspecified atom stereocenters. The summed E-state index contributed by atoms with van der Waals surface area (Å²) >= 11 is 0. The molecule has 0 aliphatic carbocycles. The van der Waals surface area contributed by atoms with Gasteiger partial charge in [0.05, 0.1) is 0 Å². The Balaban J connectivity index is 1.77. The van der Waals surface area contributed by atoms with Crippen LogP contribution in [0.25, 0.3) is 32.7 Å². The Morgan fingerprint density at radius 1 is 0.659 bits per heavy atom. The van der Waals surface area contributed by atoms with E-state index in [2.05, 4.69) is 18.2 Å². The van der Waals surface area contributed by atoms with Crippen molar-refractivity contribution in [3.8, 4) is 16.9 Å². The summed E-state index contributed by atoms with van der Waals surface area (Å²) in [5, 5.41) is 16.3. The van der Waals surface area contributed by atoms with E-state index in [1.807, 2.05) is 78.9 Å². The topological polar surface area (TPSA) is 46.5 Å². The van der Waals surface area contributed by atoms with Crippen molar-refractivity contribution in [2.24, 2.45) is 0 Å². The molecule has 0 fully saturated rings. The van der Waals surface area contributed by atoms with E-state index in [0.29, 0.717) is 28.0 Å². The van der Waals surface area contributed by atoms with Crippen LogP contribution in [0.4, 0.5) is 8.78 Å². The van der Waals surface area contributed by atoms with Crippen molar-refractivity contribution in [3.05, 3.63) is 131 Å². The number of hydrogen-bond acceptors (Lipinski definition) is 2. The van der Waals surface area contributed by atoms with E-state index in [4.69, 9.17) is 4.74 Å². The van der Waals surface area contributed by atoms with Crippen molar-refractivity contribution in [1.82, 2.24) is 0 Å². The SMILES string of the molecule is Cc1cc(P(c2cc(C)c(F)c(C)c2)c2ccc3ccccc3c2-c2c(OCC(=O)O)ccc3ccccc23)cc(C)c1F. The Morgan fingerprint density at radius 2 is 1.11 bits per heavy atom. The maximum atomic E-state index is 15.0. The molecule has 6 aromatic rings. The number of rotatable bonds is 7. The van der Waals surface area contributed by atoms with Gasteiger partial charge in [-0.05, 0) is 126 Å². The lowest BCUT2D eigenvalue weighted by Gasteiger charge is -2.27. The van der Waals surface area contributed by atoms with Crippen LogP contribution in [0.2, 0.25) is 0 Å². The molecule has 1 N–H and O–H groups in total. The van der Waals surface area contributed by atoms with Gasteiger partial charge in [-0.15, -0.1) is 0 Å². The first kappa shape index (κ1) is 29.5. The minimum absolute atomic E-state index is 0.243. The molecule has 0 aromatic heterocycles. The first-order valence-corrected chi connectivity index (χ1v) is 15.7. The summed E-state index contributed by atoms with van der Waals surface area (Å²) in [6, 6.07) is 31.6. The van der Waals surface area contributed by atoms with Crippen molar-refractivity contribution in [2.45, 2.75) is 27.7 Å². The molecule has 0 spiro atoms. The molecule has 0 radical (unpaired) electrons. The largest absolute Gasteiger partial charge is 0.481 e. The summed E-state index contributed by atoms with van der Waals surface area (Å²) in [4.78, 5) is 11.6. The van der Waals surface area contributed by atoms with Crippen molar-refractivity contribution < 1.29 is 23.4 Å². The van der Waals surface area contributed by atoms with Crippen LogP contribution in [0.3, 0.4) is 0 Å². The summed E-state index contributed by atoms with van der Waals surface area (Å²) in [7, 11) is -1.35. The number of benzene rings is 6. The molecule has 3 nitrogen and oxygen atoms in total. The maximum Gasteiger partial charge on any atom is 0.341 e. The van der Waals surface area contributed by atoms with Gasteiger partial charge in [0.15, 0.2) is 6.61 Å². The average Bonchev–Trinajstić information content (AvgIpc) is 3.01. The third kappa shape index (κ3) is 5.33. The predicted octanol–water partition coefficient (Wildman–Crippen LogP) is 8.39. The highest BCUT2D eigenvalue weighted by Crippen LogP contribution is 2.46. The molecule has 0 heterocycles. The van der Waals surface area contributed by atoms with E-state index in [9.17, 15) is 18.7 Å². The molecular weight excluding hydrogens is 573 g/mol. The number of halogens is 2. The van der Waals surface area contributed by atoms with Crippen molar-refractivity contribution in [2.75, 3.05) is 6.61 Å². The molecule has 0 atom stereocenters. The molecule has 6 heteroatoms. The Kier molecular flexibility index (Phi) is 7.92. The molecule has 6 aromatic carbocycles. The first-order chi connectivity index (χ1) is 21.1. The monoisotopic (exact) mass is 604 g/mol. The summed E-state index contributed by atoms with van der Waals surface area (Å²) < 4.78 is 35.9. The first-order valence-electron chi connectivity index (χ1n) is 14.4. The van der Waals surface area contributed by atoms with Gasteiger partial charge in [0.1, 0.15) is 17.4 Å². The van der Waals surface area contributed by atoms with Gasteiger partial charge in [-0.1, -0.05) is 66.7 Å². The van der Waals surface area contributed by atoms with Gasteiger partial charge in [0, 0.05) is 11.1 Å². The van der Waals surface area contributed by atoms with Crippen LogP contribution in [-0.2, 0) is 4.79 Å². The second-order valence-electron chi connectivity index (χ2n) is 11.1. The summed E-state index contributed by atoms with van der Waals surface area (Å²) in [6.45, 7) is 6.58. The summed E-state index contributed by atoms with van der Waals surface area (Å²) in [6.07, 6.45) is 0. The molecule has 0 saturated heterocycles. The van der Waals surface area contributed by atoms with Gasteiger partial charge in [-0.25, -0.2) is 13.6 Å². The zero-order chi connectivity index (χ0) is 31.1. The number of carbonyl (C=O) groups is 1. The van der Waals surface area contributed by atoms with Crippen LogP contribution in [0.15, 0.2) is 97.1 Å². The fourth-order valence-corrected chi connectivity index (χ4v) is 8.83. The minimum Gasteiger partial charge on any atom is -0.481 e. The van der Waals surface area contributed by atoms with Crippen LogP contribution >= 0.6 is 7.92 Å². The lowest BCUT2D eigenvalue weighted by atomic mass is 9.93. The van der Waals surface area contributed by atoms with E-state index >= 15 is 0 Å². The minimum atomic E-state index is -1.35. The van der Waals surface area contributed by atoms with Crippen LogP contribution < -0.4 is 20.7 Å². The number of aliphatic carboxylic acids is 1. The lowest BCUT2D eigenvalue weighted by Crippen LogP contribution is -2.24. The zero-order valence-corrected chi connectivity index (χ0v) is 25.8. The Bertz CT molecular complexity index is 1980. The van der Waals surface area contributed by atoms with Crippen molar-refractivity contribution >= 4 is 51.3 Å². The standard InChI is InChI=1S/C38H31F2O3P/c1-22-17-28(18-23(2)37(22)39)44(29-19-24(3)38(40)25(4)20-29)33-16-14-27-10-6-8-12-31(27)36(33)35-30-11-7-5-9-26(30)13-15-32(35)43-21-34(41)42/h5-20H,21H2,1-4H3,(H,41,42). The molecule has 0 saturated carbocycles. The maximum absolute atomic E-state index is 15.0. The van der Waals surface area contributed by atoms with E-state index in [0.717, 1.165) is 48.6 Å². The average molecular weight is 605 g/mol. The number of fused-ring (bicyclic) bond motifs is 2. The summed E-state index contributed by atoms with van der Waals surface area (Å²) in [5.41, 5.74) is 3.87. The molecule has 44 heavy (non-hydrogen) atoms. The highest BCUT2D eigenvalue weighted by molar-refractivity contribution is 7.80. The molecule has 6 rings (SSSR count). The van der Waals surface area contributed by atoms with Gasteiger partial charge in [-0.3, -0.25) is 0 Å². The molecule has 0 amide bonds. The summed E-state index contributed by atoms with van der Waals surface area (Å²) in [5.74, 6) is -1.10.